The quantitative estimate of drug-likeness (QED) is 0.663. The first-order chi connectivity index (χ1) is 13.5. The summed E-state index contributed by atoms with van der Waals surface area (Å²) in [5.74, 6) is -0.528. The summed E-state index contributed by atoms with van der Waals surface area (Å²) in [6.45, 7) is 1.15. The molecule has 156 valence electrons. The highest BCUT2D eigenvalue weighted by Crippen LogP contribution is 2.29. The fraction of sp³-hybridized carbons (Fsp3) is 0.300. The maximum absolute atomic E-state index is 14.7. The first kappa shape index (κ1) is 22.4. The van der Waals surface area contributed by atoms with Crippen LogP contribution in [0.4, 0.5) is 10.1 Å². The van der Waals surface area contributed by atoms with Crippen molar-refractivity contribution in [3.63, 3.8) is 0 Å². The average molecular weight is 424 g/mol. The Hall–Kier alpha value is -2.84. The molecule has 2 amide bonds. The van der Waals surface area contributed by atoms with E-state index in [1.807, 2.05) is 6.07 Å². The summed E-state index contributed by atoms with van der Waals surface area (Å²) in [7, 11) is 2.94. The minimum atomic E-state index is -0.469. The highest BCUT2D eigenvalue weighted by molar-refractivity contribution is 6.04. The van der Waals surface area contributed by atoms with E-state index in [1.54, 1.807) is 6.07 Å². The SMILES string of the molecule is CNC(=O)COc1ccc(C(=O)Nc2ccc3c(c2F)CCNC3)cc1OC.Cl. The Bertz CT molecular complexity index is 908. The van der Waals surface area contributed by atoms with Crippen LogP contribution in [0.5, 0.6) is 11.5 Å². The molecule has 0 aliphatic carbocycles. The zero-order valence-electron chi connectivity index (χ0n) is 16.1. The van der Waals surface area contributed by atoms with Gasteiger partial charge in [0, 0.05) is 19.2 Å². The van der Waals surface area contributed by atoms with Gasteiger partial charge in [-0.25, -0.2) is 4.39 Å². The van der Waals surface area contributed by atoms with Gasteiger partial charge in [0.2, 0.25) is 0 Å². The molecular weight excluding hydrogens is 401 g/mol. The monoisotopic (exact) mass is 423 g/mol. The van der Waals surface area contributed by atoms with Crippen LogP contribution in [-0.2, 0) is 17.8 Å². The number of halogens is 2. The van der Waals surface area contributed by atoms with Gasteiger partial charge in [0.05, 0.1) is 12.8 Å². The van der Waals surface area contributed by atoms with Gasteiger partial charge in [-0.05, 0) is 48.4 Å². The number of rotatable bonds is 6. The van der Waals surface area contributed by atoms with Crippen LogP contribution in [0.3, 0.4) is 0 Å². The number of hydrogen-bond donors (Lipinski definition) is 3. The molecule has 0 radical (unpaired) electrons. The molecule has 3 rings (SSSR count). The third kappa shape index (κ3) is 5.16. The van der Waals surface area contributed by atoms with Crippen molar-refractivity contribution >= 4 is 29.9 Å². The lowest BCUT2D eigenvalue weighted by Crippen LogP contribution is -2.25. The number of benzene rings is 2. The van der Waals surface area contributed by atoms with E-state index < -0.39 is 11.7 Å². The molecule has 0 saturated heterocycles. The number of nitrogens with one attached hydrogen (secondary N) is 3. The predicted octanol–water partition coefficient (Wildman–Crippen LogP) is 2.28. The summed E-state index contributed by atoms with van der Waals surface area (Å²) in [5, 5.41) is 8.25. The molecule has 0 spiro atoms. The molecule has 1 aliphatic rings. The van der Waals surface area contributed by atoms with E-state index >= 15 is 0 Å². The highest BCUT2D eigenvalue weighted by Gasteiger charge is 2.19. The Kier molecular flexibility index (Phi) is 7.81. The molecule has 29 heavy (non-hydrogen) atoms. The number of hydrogen-bond acceptors (Lipinski definition) is 5. The van der Waals surface area contributed by atoms with Crippen LogP contribution in [0.1, 0.15) is 21.5 Å². The Morgan fingerprint density at radius 3 is 2.72 bits per heavy atom. The number of likely N-dealkylation sites (N-methyl/N-ethyl adjacent to an activating group) is 1. The molecule has 9 heteroatoms. The summed E-state index contributed by atoms with van der Waals surface area (Å²) in [4.78, 5) is 23.9. The van der Waals surface area contributed by atoms with Crippen molar-refractivity contribution in [2.45, 2.75) is 13.0 Å². The van der Waals surface area contributed by atoms with Gasteiger partial charge in [-0.3, -0.25) is 9.59 Å². The van der Waals surface area contributed by atoms with E-state index in [0.717, 1.165) is 5.56 Å². The third-order valence-corrected chi connectivity index (χ3v) is 4.52. The number of methoxy groups -OCH3 is 1. The van der Waals surface area contributed by atoms with Crippen LogP contribution in [0.15, 0.2) is 30.3 Å². The van der Waals surface area contributed by atoms with Gasteiger partial charge in [0.1, 0.15) is 5.82 Å². The highest BCUT2D eigenvalue weighted by atomic mass is 35.5. The zero-order chi connectivity index (χ0) is 20.1. The normalized spacial score (nSPS) is 12.2. The number of ether oxygens (including phenoxy) is 2. The zero-order valence-corrected chi connectivity index (χ0v) is 17.0. The topological polar surface area (TPSA) is 88.7 Å². The fourth-order valence-corrected chi connectivity index (χ4v) is 2.97. The maximum atomic E-state index is 14.7. The largest absolute Gasteiger partial charge is 0.493 e. The van der Waals surface area contributed by atoms with Crippen LogP contribution < -0.4 is 25.4 Å². The molecule has 0 aromatic heterocycles. The van der Waals surface area contributed by atoms with Gasteiger partial charge in [-0.15, -0.1) is 12.4 Å². The van der Waals surface area contributed by atoms with Crippen molar-refractivity contribution in [2.24, 2.45) is 0 Å². The second-order valence-electron chi connectivity index (χ2n) is 6.27. The van der Waals surface area contributed by atoms with Gasteiger partial charge in [-0.2, -0.15) is 0 Å². The lowest BCUT2D eigenvalue weighted by molar-refractivity contribution is -0.122. The molecule has 2 aromatic carbocycles. The van der Waals surface area contributed by atoms with Crippen molar-refractivity contribution in [3.8, 4) is 11.5 Å². The molecule has 2 aromatic rings. The minimum absolute atomic E-state index is 0. The number of fused-ring (bicyclic) bond motifs is 1. The lowest BCUT2D eigenvalue weighted by Gasteiger charge is -2.19. The number of carbonyl (C=O) groups excluding carboxylic acids is 2. The van der Waals surface area contributed by atoms with Crippen LogP contribution >= 0.6 is 12.4 Å². The predicted molar refractivity (Wildman–Crippen MR) is 110 cm³/mol. The van der Waals surface area contributed by atoms with Crippen molar-refractivity contribution in [1.82, 2.24) is 10.6 Å². The van der Waals surface area contributed by atoms with E-state index in [4.69, 9.17) is 9.47 Å². The van der Waals surface area contributed by atoms with E-state index in [-0.39, 0.29) is 36.2 Å². The Labute approximate surface area is 174 Å². The summed E-state index contributed by atoms with van der Waals surface area (Å²) in [6.07, 6.45) is 0.579. The molecule has 0 saturated carbocycles. The van der Waals surface area contributed by atoms with Crippen LogP contribution in [0.25, 0.3) is 0 Å². The third-order valence-electron chi connectivity index (χ3n) is 4.52. The molecule has 1 aliphatic heterocycles. The summed E-state index contributed by atoms with van der Waals surface area (Å²) in [5.41, 5.74) is 1.96. The molecule has 0 unspecified atom stereocenters. The van der Waals surface area contributed by atoms with E-state index in [0.29, 0.717) is 36.6 Å². The lowest BCUT2D eigenvalue weighted by atomic mass is 9.99. The van der Waals surface area contributed by atoms with Gasteiger partial charge in [-0.1, -0.05) is 6.07 Å². The molecule has 0 atom stereocenters. The molecular formula is C20H23ClFN3O4. The van der Waals surface area contributed by atoms with Crippen molar-refractivity contribution < 1.29 is 23.5 Å². The molecule has 1 heterocycles. The number of amides is 2. The summed E-state index contributed by atoms with van der Waals surface area (Å²) < 4.78 is 25.3. The van der Waals surface area contributed by atoms with Crippen molar-refractivity contribution in [1.29, 1.82) is 0 Å². The number of carbonyl (C=O) groups is 2. The Morgan fingerprint density at radius 1 is 1.21 bits per heavy atom. The van der Waals surface area contributed by atoms with Gasteiger partial charge in [0.25, 0.3) is 11.8 Å². The van der Waals surface area contributed by atoms with E-state index in [9.17, 15) is 14.0 Å². The Morgan fingerprint density at radius 2 is 2.00 bits per heavy atom. The average Bonchev–Trinajstić information content (AvgIpc) is 2.73. The van der Waals surface area contributed by atoms with E-state index in [2.05, 4.69) is 16.0 Å². The standard InChI is InChI=1S/C20H22FN3O4.ClH/c1-22-18(25)11-28-16-6-4-12(9-17(16)27-2)20(26)24-15-5-3-13-10-23-8-7-14(13)19(15)21;/h3-6,9,23H,7-8,10-11H2,1-2H3,(H,22,25)(H,24,26);1H. The van der Waals surface area contributed by atoms with Gasteiger partial charge >= 0.3 is 0 Å². The van der Waals surface area contributed by atoms with Crippen molar-refractivity contribution in [3.05, 3.63) is 52.8 Å². The van der Waals surface area contributed by atoms with Crippen LogP contribution in [-0.4, -0.2) is 39.1 Å². The summed E-state index contributed by atoms with van der Waals surface area (Å²) >= 11 is 0. The molecule has 3 N–H and O–H groups in total. The second-order valence-corrected chi connectivity index (χ2v) is 6.27. The van der Waals surface area contributed by atoms with Gasteiger partial charge < -0.3 is 25.4 Å². The Balaban J connectivity index is 0.00000300. The number of anilines is 1. The van der Waals surface area contributed by atoms with E-state index in [1.165, 1.54) is 32.4 Å². The first-order valence-electron chi connectivity index (χ1n) is 8.87. The van der Waals surface area contributed by atoms with Crippen molar-refractivity contribution in [2.75, 3.05) is 32.6 Å². The maximum Gasteiger partial charge on any atom is 0.257 e. The molecule has 0 fully saturated rings. The second kappa shape index (κ2) is 10.1. The summed E-state index contributed by atoms with van der Waals surface area (Å²) in [6, 6.07) is 7.92. The van der Waals surface area contributed by atoms with Crippen LogP contribution in [0.2, 0.25) is 0 Å². The fourth-order valence-electron chi connectivity index (χ4n) is 2.97. The first-order valence-corrected chi connectivity index (χ1v) is 8.87. The minimum Gasteiger partial charge on any atom is -0.493 e. The molecule has 7 nitrogen and oxygen atoms in total. The molecule has 0 bridgehead atoms. The smallest absolute Gasteiger partial charge is 0.257 e. The van der Waals surface area contributed by atoms with Crippen LogP contribution in [0, 0.1) is 5.82 Å². The van der Waals surface area contributed by atoms with Gasteiger partial charge in [0.15, 0.2) is 18.1 Å².